The fourth-order valence-corrected chi connectivity index (χ4v) is 5.73. The number of amides is 1. The van der Waals surface area contributed by atoms with Crippen LogP contribution in [0.25, 0.3) is 10.2 Å². The lowest BCUT2D eigenvalue weighted by atomic mass is 9.97. The van der Waals surface area contributed by atoms with Gasteiger partial charge in [-0.1, -0.05) is 18.2 Å². The highest BCUT2D eigenvalue weighted by molar-refractivity contribution is 7.18. The summed E-state index contributed by atoms with van der Waals surface area (Å²) >= 11 is 1.83. The molecule has 4 nitrogen and oxygen atoms in total. The van der Waals surface area contributed by atoms with Gasteiger partial charge in [0.2, 0.25) is 0 Å². The van der Waals surface area contributed by atoms with Crippen molar-refractivity contribution in [1.29, 1.82) is 0 Å². The number of fused-ring (bicyclic) bond motifs is 2. The molecule has 144 valence electrons. The van der Waals surface area contributed by atoms with Crippen molar-refractivity contribution in [3.63, 3.8) is 0 Å². The number of hydrogen-bond donors (Lipinski definition) is 2. The molecule has 2 N–H and O–H groups in total. The quantitative estimate of drug-likeness (QED) is 0.716. The van der Waals surface area contributed by atoms with E-state index in [1.165, 1.54) is 38.6 Å². The number of quaternary nitrogens is 1. The number of hydrogen-bond acceptors (Lipinski definition) is 3. The second-order valence-corrected chi connectivity index (χ2v) is 9.17. The van der Waals surface area contributed by atoms with Crippen LogP contribution in [0.2, 0.25) is 0 Å². The van der Waals surface area contributed by atoms with Crippen LogP contribution in [0.3, 0.4) is 0 Å². The third kappa shape index (κ3) is 3.69. The number of anilines is 1. The fraction of sp³-hybridized carbons (Fsp3) is 0.391. The molecule has 3 aromatic rings. The number of carbonyl (C=O) groups is 1. The van der Waals surface area contributed by atoms with E-state index in [0.29, 0.717) is 12.5 Å². The van der Waals surface area contributed by atoms with E-state index in [2.05, 4.69) is 47.8 Å². The number of nitrogens with one attached hydrogen (secondary N) is 2. The highest BCUT2D eigenvalue weighted by Crippen LogP contribution is 2.31. The van der Waals surface area contributed by atoms with Gasteiger partial charge in [-0.2, -0.15) is 0 Å². The predicted octanol–water partition coefficient (Wildman–Crippen LogP) is 3.19. The monoisotopic (exact) mass is 392 g/mol. The largest absolute Gasteiger partial charge is 0.327 e. The number of carbonyl (C=O) groups excluding carboxylic acids is 1. The van der Waals surface area contributed by atoms with E-state index >= 15 is 0 Å². The molecule has 1 saturated heterocycles. The van der Waals surface area contributed by atoms with E-state index < -0.39 is 0 Å². The first-order chi connectivity index (χ1) is 13.7. The molecule has 5 rings (SSSR count). The van der Waals surface area contributed by atoms with Crippen molar-refractivity contribution in [3.8, 4) is 0 Å². The summed E-state index contributed by atoms with van der Waals surface area (Å²) in [6, 6.07) is 14.8. The van der Waals surface area contributed by atoms with Gasteiger partial charge in [0, 0.05) is 24.4 Å². The molecule has 1 aliphatic heterocycles. The Bertz CT molecular complexity index is 971. The number of thiazole rings is 1. The maximum Gasteiger partial charge on any atom is 0.279 e. The Morgan fingerprint density at radius 1 is 1.11 bits per heavy atom. The molecule has 0 unspecified atom stereocenters. The molecular weight excluding hydrogens is 366 g/mol. The van der Waals surface area contributed by atoms with Crippen molar-refractivity contribution < 1.29 is 9.69 Å². The summed E-state index contributed by atoms with van der Waals surface area (Å²) in [5.41, 5.74) is 4.92. The van der Waals surface area contributed by atoms with Gasteiger partial charge in [0.15, 0.2) is 6.54 Å². The standard InChI is InChI=1S/C23H25N3OS/c27-22(24-19-9-8-16-4-3-5-18(16)14-19)15-26-12-10-17(11-13-26)23-25-20-6-1-2-7-21(20)28-23/h1-2,6-9,14,17H,3-5,10-13,15H2,(H,24,27)/p+1. The minimum absolute atomic E-state index is 0.131. The van der Waals surface area contributed by atoms with Crippen molar-refractivity contribution in [3.05, 3.63) is 58.6 Å². The lowest BCUT2D eigenvalue weighted by molar-refractivity contribution is -0.897. The van der Waals surface area contributed by atoms with Gasteiger partial charge in [-0.25, -0.2) is 4.98 Å². The van der Waals surface area contributed by atoms with Crippen LogP contribution < -0.4 is 10.2 Å². The smallest absolute Gasteiger partial charge is 0.279 e. The van der Waals surface area contributed by atoms with Crippen LogP contribution in [0.1, 0.15) is 41.3 Å². The van der Waals surface area contributed by atoms with E-state index in [-0.39, 0.29) is 5.91 Å². The number of para-hydroxylation sites is 1. The Hall–Kier alpha value is -2.24. The Balaban J connectivity index is 1.15. The predicted molar refractivity (Wildman–Crippen MR) is 114 cm³/mol. The van der Waals surface area contributed by atoms with Crippen LogP contribution in [-0.4, -0.2) is 30.5 Å². The minimum Gasteiger partial charge on any atom is -0.327 e. The van der Waals surface area contributed by atoms with Crippen LogP contribution in [0.4, 0.5) is 5.69 Å². The molecular formula is C23H26N3OS+. The number of aryl methyl sites for hydroxylation is 2. The lowest BCUT2D eigenvalue weighted by Crippen LogP contribution is -3.14. The van der Waals surface area contributed by atoms with E-state index in [4.69, 9.17) is 4.98 Å². The molecule has 28 heavy (non-hydrogen) atoms. The number of aromatic nitrogens is 1. The Labute approximate surface area is 169 Å². The lowest BCUT2D eigenvalue weighted by Gasteiger charge is -2.27. The van der Waals surface area contributed by atoms with E-state index in [1.807, 2.05) is 11.3 Å². The number of rotatable bonds is 4. The normalized spacial score (nSPS) is 21.6. The first kappa shape index (κ1) is 17.8. The molecule has 0 bridgehead atoms. The molecule has 2 aliphatic rings. The molecule has 5 heteroatoms. The summed E-state index contributed by atoms with van der Waals surface area (Å²) < 4.78 is 1.28. The summed E-state index contributed by atoms with van der Waals surface area (Å²) in [7, 11) is 0. The second-order valence-electron chi connectivity index (χ2n) is 8.11. The molecule has 2 aromatic carbocycles. The summed E-state index contributed by atoms with van der Waals surface area (Å²) in [6.45, 7) is 2.64. The van der Waals surface area contributed by atoms with Gasteiger partial charge < -0.3 is 10.2 Å². The first-order valence-electron chi connectivity index (χ1n) is 10.4. The molecule has 1 aliphatic carbocycles. The SMILES string of the molecule is O=C(C[NH+]1CCC(c2nc3ccccc3s2)CC1)Nc1ccc2c(c1)CCC2. The fourth-order valence-electron chi connectivity index (χ4n) is 4.60. The first-order valence-corrected chi connectivity index (χ1v) is 11.2. The van der Waals surface area contributed by atoms with Crippen molar-refractivity contribution in [2.45, 2.75) is 38.0 Å². The molecule has 1 aromatic heterocycles. The number of piperidine rings is 1. The van der Waals surface area contributed by atoms with E-state index in [1.54, 1.807) is 0 Å². The Kier molecular flexibility index (Phi) is 4.87. The van der Waals surface area contributed by atoms with Gasteiger partial charge in [0.05, 0.1) is 28.3 Å². The molecule has 0 atom stereocenters. The molecule has 0 radical (unpaired) electrons. The second kappa shape index (κ2) is 7.64. The summed E-state index contributed by atoms with van der Waals surface area (Å²) in [4.78, 5) is 18.7. The van der Waals surface area contributed by atoms with Gasteiger partial charge in [0.25, 0.3) is 5.91 Å². The number of nitrogens with zero attached hydrogens (tertiary/aromatic N) is 1. The van der Waals surface area contributed by atoms with Crippen LogP contribution in [0, 0.1) is 0 Å². The van der Waals surface area contributed by atoms with E-state index in [9.17, 15) is 4.79 Å². The summed E-state index contributed by atoms with van der Waals surface area (Å²) in [5, 5.41) is 4.38. The van der Waals surface area contributed by atoms with Gasteiger partial charge in [-0.05, 0) is 54.7 Å². The summed E-state index contributed by atoms with van der Waals surface area (Å²) in [5.74, 6) is 0.673. The molecule has 0 saturated carbocycles. The highest BCUT2D eigenvalue weighted by Gasteiger charge is 2.27. The van der Waals surface area contributed by atoms with Gasteiger partial charge in [0.1, 0.15) is 0 Å². The molecule has 1 fully saturated rings. The highest BCUT2D eigenvalue weighted by atomic mass is 32.1. The maximum absolute atomic E-state index is 12.5. The third-order valence-corrected chi connectivity index (χ3v) is 7.34. The molecule has 2 heterocycles. The zero-order valence-electron chi connectivity index (χ0n) is 16.0. The minimum atomic E-state index is 0.131. The van der Waals surface area contributed by atoms with Gasteiger partial charge in [-0.3, -0.25) is 4.79 Å². The molecule has 0 spiro atoms. The Morgan fingerprint density at radius 3 is 2.79 bits per heavy atom. The van der Waals surface area contributed by atoms with Crippen molar-refractivity contribution in [2.24, 2.45) is 0 Å². The average molecular weight is 393 g/mol. The van der Waals surface area contributed by atoms with Crippen molar-refractivity contribution in [1.82, 2.24) is 4.98 Å². The van der Waals surface area contributed by atoms with E-state index in [0.717, 1.165) is 43.6 Å². The van der Waals surface area contributed by atoms with Gasteiger partial charge >= 0.3 is 0 Å². The van der Waals surface area contributed by atoms with Crippen LogP contribution in [0.15, 0.2) is 42.5 Å². The van der Waals surface area contributed by atoms with Gasteiger partial charge in [-0.15, -0.1) is 11.3 Å². The van der Waals surface area contributed by atoms with Crippen LogP contribution in [0.5, 0.6) is 0 Å². The van der Waals surface area contributed by atoms with Crippen molar-refractivity contribution in [2.75, 3.05) is 25.0 Å². The number of likely N-dealkylation sites (tertiary alicyclic amines) is 1. The third-order valence-electron chi connectivity index (χ3n) is 6.15. The van der Waals surface area contributed by atoms with Crippen molar-refractivity contribution >= 4 is 33.1 Å². The average Bonchev–Trinajstić information content (AvgIpc) is 3.34. The number of benzene rings is 2. The maximum atomic E-state index is 12.5. The molecule has 1 amide bonds. The zero-order valence-corrected chi connectivity index (χ0v) is 16.9. The Morgan fingerprint density at radius 2 is 1.93 bits per heavy atom. The van der Waals surface area contributed by atoms with Crippen LogP contribution in [-0.2, 0) is 17.6 Å². The summed E-state index contributed by atoms with van der Waals surface area (Å²) in [6.07, 6.45) is 5.78. The van der Waals surface area contributed by atoms with Crippen LogP contribution >= 0.6 is 11.3 Å². The zero-order chi connectivity index (χ0) is 18.9. The topological polar surface area (TPSA) is 46.4 Å².